The van der Waals surface area contributed by atoms with Crippen LogP contribution in [-0.2, 0) is 6.42 Å². The monoisotopic (exact) mass is 295 g/mol. The Morgan fingerprint density at radius 1 is 1.40 bits per heavy atom. The quantitative estimate of drug-likeness (QED) is 0.927. The number of likely N-dealkylation sites (N-methyl/N-ethyl adjacent to an activating group) is 1. The van der Waals surface area contributed by atoms with Crippen molar-refractivity contribution in [3.63, 3.8) is 0 Å². The van der Waals surface area contributed by atoms with Gasteiger partial charge >= 0.3 is 0 Å². The van der Waals surface area contributed by atoms with E-state index >= 15 is 0 Å². The van der Waals surface area contributed by atoms with Gasteiger partial charge in [-0.1, -0.05) is 30.7 Å². The Hall–Kier alpha value is -0.770. The average molecular weight is 296 g/mol. The lowest BCUT2D eigenvalue weighted by atomic mass is 10.0. The van der Waals surface area contributed by atoms with E-state index in [2.05, 4.69) is 36.8 Å². The molecule has 112 valence electrons. The molecular formula is C16H26ClN3. The Balaban J connectivity index is 2.25. The second kappa shape index (κ2) is 6.79. The lowest BCUT2D eigenvalue weighted by Crippen LogP contribution is -2.50. The Morgan fingerprint density at radius 3 is 2.80 bits per heavy atom. The van der Waals surface area contributed by atoms with Crippen LogP contribution in [0.3, 0.4) is 0 Å². The van der Waals surface area contributed by atoms with E-state index in [1.54, 1.807) is 0 Å². The van der Waals surface area contributed by atoms with E-state index in [1.165, 1.54) is 11.3 Å². The number of para-hydroxylation sites is 1. The van der Waals surface area contributed by atoms with Gasteiger partial charge in [-0.3, -0.25) is 0 Å². The van der Waals surface area contributed by atoms with Crippen LogP contribution in [-0.4, -0.2) is 43.7 Å². The standard InChI is InChI=1S/C16H26ClN3/c1-4-14(18)10-13-6-5-7-15(17)16(13)20-9-8-19(3)12(2)11-20/h5-7,12,14H,4,8-11,18H2,1-3H3. The number of hydrogen-bond donors (Lipinski definition) is 1. The zero-order valence-corrected chi connectivity index (χ0v) is 13.5. The normalized spacial score (nSPS) is 22.1. The molecule has 0 amide bonds. The molecule has 1 heterocycles. The predicted molar refractivity (Wildman–Crippen MR) is 87.7 cm³/mol. The summed E-state index contributed by atoms with van der Waals surface area (Å²) in [7, 11) is 2.18. The summed E-state index contributed by atoms with van der Waals surface area (Å²) >= 11 is 6.48. The molecule has 1 saturated heterocycles. The predicted octanol–water partition coefficient (Wildman–Crippen LogP) is 2.76. The van der Waals surface area contributed by atoms with Gasteiger partial charge < -0.3 is 15.5 Å². The molecule has 3 nitrogen and oxygen atoms in total. The number of anilines is 1. The number of piperazine rings is 1. The third kappa shape index (κ3) is 3.46. The van der Waals surface area contributed by atoms with Crippen molar-refractivity contribution in [3.05, 3.63) is 28.8 Å². The van der Waals surface area contributed by atoms with Gasteiger partial charge in [0.1, 0.15) is 0 Å². The maximum atomic E-state index is 6.48. The van der Waals surface area contributed by atoms with Crippen molar-refractivity contribution in [2.24, 2.45) is 5.73 Å². The number of benzene rings is 1. The van der Waals surface area contributed by atoms with Gasteiger partial charge in [-0.15, -0.1) is 0 Å². The molecule has 1 aromatic rings. The fourth-order valence-electron chi connectivity index (χ4n) is 2.76. The van der Waals surface area contributed by atoms with Gasteiger partial charge in [0.05, 0.1) is 10.7 Å². The van der Waals surface area contributed by atoms with E-state index in [0.717, 1.165) is 37.5 Å². The Labute approximate surface area is 127 Å². The molecule has 1 aliphatic heterocycles. The van der Waals surface area contributed by atoms with Gasteiger partial charge in [0.15, 0.2) is 0 Å². The molecule has 2 unspecified atom stereocenters. The van der Waals surface area contributed by atoms with Gasteiger partial charge in [-0.05, 0) is 38.4 Å². The molecule has 4 heteroatoms. The number of hydrogen-bond acceptors (Lipinski definition) is 3. The van der Waals surface area contributed by atoms with Crippen molar-refractivity contribution < 1.29 is 0 Å². The molecule has 1 aliphatic rings. The Kier molecular flexibility index (Phi) is 5.30. The maximum Gasteiger partial charge on any atom is 0.0642 e. The second-order valence-corrected chi connectivity index (χ2v) is 6.30. The zero-order chi connectivity index (χ0) is 14.7. The summed E-state index contributed by atoms with van der Waals surface area (Å²) in [6.45, 7) is 7.52. The van der Waals surface area contributed by atoms with Crippen LogP contribution in [0.25, 0.3) is 0 Å². The van der Waals surface area contributed by atoms with E-state index in [-0.39, 0.29) is 6.04 Å². The van der Waals surface area contributed by atoms with Gasteiger partial charge in [0.25, 0.3) is 0 Å². The summed E-state index contributed by atoms with van der Waals surface area (Å²) < 4.78 is 0. The smallest absolute Gasteiger partial charge is 0.0642 e. The van der Waals surface area contributed by atoms with E-state index in [1.807, 2.05) is 12.1 Å². The van der Waals surface area contributed by atoms with E-state index in [9.17, 15) is 0 Å². The van der Waals surface area contributed by atoms with E-state index in [4.69, 9.17) is 17.3 Å². The Bertz CT molecular complexity index is 449. The lowest BCUT2D eigenvalue weighted by Gasteiger charge is -2.40. The number of nitrogens with zero attached hydrogens (tertiary/aromatic N) is 2. The molecule has 1 aromatic carbocycles. The SMILES string of the molecule is CCC(N)Cc1cccc(Cl)c1N1CCN(C)C(C)C1. The minimum atomic E-state index is 0.206. The maximum absolute atomic E-state index is 6.48. The summed E-state index contributed by atoms with van der Waals surface area (Å²) in [4.78, 5) is 4.81. The van der Waals surface area contributed by atoms with Crippen LogP contribution in [0.5, 0.6) is 0 Å². The van der Waals surface area contributed by atoms with Crippen molar-refractivity contribution in [1.29, 1.82) is 0 Å². The minimum Gasteiger partial charge on any atom is -0.367 e. The van der Waals surface area contributed by atoms with Crippen LogP contribution in [0.15, 0.2) is 18.2 Å². The fraction of sp³-hybridized carbons (Fsp3) is 0.625. The first-order valence-corrected chi connectivity index (χ1v) is 7.88. The molecule has 0 spiro atoms. The molecule has 0 bridgehead atoms. The molecule has 20 heavy (non-hydrogen) atoms. The topological polar surface area (TPSA) is 32.5 Å². The summed E-state index contributed by atoms with van der Waals surface area (Å²) in [6.07, 6.45) is 1.89. The minimum absolute atomic E-state index is 0.206. The molecule has 1 fully saturated rings. The van der Waals surface area contributed by atoms with Crippen molar-refractivity contribution >= 4 is 17.3 Å². The van der Waals surface area contributed by atoms with Gasteiger partial charge in [0.2, 0.25) is 0 Å². The molecule has 0 aromatic heterocycles. The molecular weight excluding hydrogens is 270 g/mol. The van der Waals surface area contributed by atoms with Gasteiger partial charge in [0, 0.05) is 31.7 Å². The van der Waals surface area contributed by atoms with E-state index < -0.39 is 0 Å². The lowest BCUT2D eigenvalue weighted by molar-refractivity contribution is 0.234. The third-order valence-electron chi connectivity index (χ3n) is 4.35. The summed E-state index contributed by atoms with van der Waals surface area (Å²) in [5.41, 5.74) is 8.61. The average Bonchev–Trinajstić information content (AvgIpc) is 2.42. The molecule has 0 saturated carbocycles. The number of nitrogens with two attached hydrogens (primary N) is 1. The third-order valence-corrected chi connectivity index (χ3v) is 4.66. The molecule has 2 N–H and O–H groups in total. The first kappa shape index (κ1) is 15.6. The van der Waals surface area contributed by atoms with Crippen LogP contribution in [0.4, 0.5) is 5.69 Å². The van der Waals surface area contributed by atoms with Crippen molar-refractivity contribution in [3.8, 4) is 0 Å². The molecule has 2 rings (SSSR count). The first-order valence-electron chi connectivity index (χ1n) is 7.51. The van der Waals surface area contributed by atoms with Crippen LogP contribution >= 0.6 is 11.6 Å². The largest absolute Gasteiger partial charge is 0.367 e. The summed E-state index contributed by atoms with van der Waals surface area (Å²) in [5.74, 6) is 0. The summed E-state index contributed by atoms with van der Waals surface area (Å²) in [6, 6.07) is 6.94. The molecule has 2 atom stereocenters. The highest BCUT2D eigenvalue weighted by atomic mass is 35.5. The van der Waals surface area contributed by atoms with E-state index in [0.29, 0.717) is 6.04 Å². The van der Waals surface area contributed by atoms with Crippen LogP contribution in [0.1, 0.15) is 25.8 Å². The highest BCUT2D eigenvalue weighted by Crippen LogP contribution is 2.32. The van der Waals surface area contributed by atoms with Gasteiger partial charge in [-0.25, -0.2) is 0 Å². The summed E-state index contributed by atoms with van der Waals surface area (Å²) in [5, 5.41) is 0.850. The van der Waals surface area contributed by atoms with Gasteiger partial charge in [-0.2, -0.15) is 0 Å². The van der Waals surface area contributed by atoms with Crippen LogP contribution in [0, 0.1) is 0 Å². The number of rotatable bonds is 4. The van der Waals surface area contributed by atoms with Crippen molar-refractivity contribution in [2.75, 3.05) is 31.6 Å². The first-order chi connectivity index (χ1) is 9.52. The molecule has 0 radical (unpaired) electrons. The fourth-order valence-corrected chi connectivity index (χ4v) is 3.07. The highest BCUT2D eigenvalue weighted by molar-refractivity contribution is 6.33. The second-order valence-electron chi connectivity index (χ2n) is 5.90. The number of halogens is 1. The van der Waals surface area contributed by atoms with Crippen molar-refractivity contribution in [1.82, 2.24) is 4.90 Å². The highest BCUT2D eigenvalue weighted by Gasteiger charge is 2.24. The Morgan fingerprint density at radius 2 is 2.15 bits per heavy atom. The van der Waals surface area contributed by atoms with Crippen LogP contribution in [0.2, 0.25) is 5.02 Å². The van der Waals surface area contributed by atoms with Crippen molar-refractivity contribution in [2.45, 2.75) is 38.8 Å². The molecule has 0 aliphatic carbocycles. The zero-order valence-electron chi connectivity index (χ0n) is 12.8. The van der Waals surface area contributed by atoms with Crippen LogP contribution < -0.4 is 10.6 Å².